The Balaban J connectivity index is 1.72. The minimum Gasteiger partial charge on any atom is -0.392 e. The molecule has 3 aliphatic carbocycles. The number of fused-ring (bicyclic) bond motifs is 5. The molecular formula is C20H27FO. The molecule has 120 valence electrons. The molecule has 5 atom stereocenters. The lowest BCUT2D eigenvalue weighted by atomic mass is 9.55. The number of hydrogen-bond donors (Lipinski definition) is 1. The van der Waals surface area contributed by atoms with E-state index in [1.54, 1.807) is 12.1 Å². The summed E-state index contributed by atoms with van der Waals surface area (Å²) < 4.78 is 13.5. The molecule has 22 heavy (non-hydrogen) atoms. The van der Waals surface area contributed by atoms with Crippen molar-refractivity contribution in [1.29, 1.82) is 0 Å². The molecule has 0 bridgehead atoms. The van der Waals surface area contributed by atoms with Crippen LogP contribution in [0.2, 0.25) is 0 Å². The number of benzene rings is 1. The largest absolute Gasteiger partial charge is 0.392 e. The molecule has 0 unspecified atom stereocenters. The van der Waals surface area contributed by atoms with Crippen LogP contribution in [0.5, 0.6) is 0 Å². The van der Waals surface area contributed by atoms with E-state index in [2.05, 4.69) is 20.8 Å². The number of hydrogen-bond acceptors (Lipinski definition) is 1. The Hall–Kier alpha value is -0.890. The highest BCUT2D eigenvalue weighted by atomic mass is 19.1. The van der Waals surface area contributed by atoms with Crippen LogP contribution in [0.3, 0.4) is 0 Å². The third kappa shape index (κ3) is 1.86. The van der Waals surface area contributed by atoms with Crippen LogP contribution in [-0.2, 0) is 6.42 Å². The molecule has 3 aliphatic rings. The molecule has 0 radical (unpaired) electrons. The summed E-state index contributed by atoms with van der Waals surface area (Å²) in [5, 5.41) is 10.9. The van der Waals surface area contributed by atoms with E-state index in [-0.39, 0.29) is 22.8 Å². The van der Waals surface area contributed by atoms with Crippen LogP contribution in [0, 0.1) is 28.5 Å². The number of halogens is 1. The van der Waals surface area contributed by atoms with Gasteiger partial charge in [0.05, 0.1) is 6.10 Å². The van der Waals surface area contributed by atoms with Gasteiger partial charge in [-0.05, 0) is 83.9 Å². The van der Waals surface area contributed by atoms with Crippen molar-refractivity contribution in [3.05, 3.63) is 35.1 Å². The molecule has 1 nitrogen and oxygen atoms in total. The van der Waals surface area contributed by atoms with Crippen LogP contribution < -0.4 is 0 Å². The van der Waals surface area contributed by atoms with Crippen molar-refractivity contribution in [3.8, 4) is 0 Å². The van der Waals surface area contributed by atoms with E-state index in [0.29, 0.717) is 17.8 Å². The third-order valence-electron chi connectivity index (χ3n) is 7.24. The van der Waals surface area contributed by atoms with Gasteiger partial charge in [-0.25, -0.2) is 4.39 Å². The van der Waals surface area contributed by atoms with E-state index in [1.165, 1.54) is 11.1 Å². The second-order valence-corrected chi connectivity index (χ2v) is 8.90. The fourth-order valence-electron chi connectivity index (χ4n) is 6.19. The number of aliphatic hydroxyl groups excluding tert-OH is 1. The minimum absolute atomic E-state index is 0.0252. The average Bonchev–Trinajstić information content (AvgIpc) is 2.66. The highest BCUT2D eigenvalue weighted by Gasteiger charge is 2.60. The summed E-state index contributed by atoms with van der Waals surface area (Å²) in [6.45, 7) is 6.76. The lowest BCUT2D eigenvalue weighted by molar-refractivity contribution is -0.0465. The Morgan fingerprint density at radius 2 is 1.95 bits per heavy atom. The quantitative estimate of drug-likeness (QED) is 0.738. The molecule has 2 heteroatoms. The van der Waals surface area contributed by atoms with Gasteiger partial charge in [-0.15, -0.1) is 0 Å². The second-order valence-electron chi connectivity index (χ2n) is 8.90. The van der Waals surface area contributed by atoms with Crippen molar-refractivity contribution in [2.45, 2.75) is 64.9 Å². The molecular weight excluding hydrogens is 275 g/mol. The maximum Gasteiger partial charge on any atom is 0.123 e. The SMILES string of the molecule is CC1(C)C[C@H]2[C@@H]3CCc4cc(F)ccc4[C@H]3CC[C@]2(C)[C@H]1O. The Morgan fingerprint density at radius 3 is 2.73 bits per heavy atom. The van der Waals surface area contributed by atoms with Crippen molar-refractivity contribution < 1.29 is 9.50 Å². The van der Waals surface area contributed by atoms with Gasteiger partial charge in [0.15, 0.2) is 0 Å². The summed E-state index contributed by atoms with van der Waals surface area (Å²) in [5.74, 6) is 1.74. The Morgan fingerprint density at radius 1 is 1.18 bits per heavy atom. The van der Waals surface area contributed by atoms with E-state index in [9.17, 15) is 9.50 Å². The fraction of sp³-hybridized carbons (Fsp3) is 0.700. The molecule has 1 aromatic carbocycles. The summed E-state index contributed by atoms with van der Waals surface area (Å²) >= 11 is 0. The molecule has 4 rings (SSSR count). The predicted octanol–water partition coefficient (Wildman–Crippen LogP) is 4.68. The van der Waals surface area contributed by atoms with Gasteiger partial charge in [0.2, 0.25) is 0 Å². The van der Waals surface area contributed by atoms with Crippen molar-refractivity contribution >= 4 is 0 Å². The van der Waals surface area contributed by atoms with Crippen LogP contribution in [-0.4, -0.2) is 11.2 Å². The van der Waals surface area contributed by atoms with E-state index in [0.717, 1.165) is 32.1 Å². The Kier molecular flexibility index (Phi) is 3.05. The van der Waals surface area contributed by atoms with Crippen LogP contribution in [0.15, 0.2) is 18.2 Å². The first-order chi connectivity index (χ1) is 10.3. The molecule has 0 aliphatic heterocycles. The lowest BCUT2D eigenvalue weighted by Crippen LogP contribution is -2.45. The Labute approximate surface area is 132 Å². The standard InChI is InChI=1S/C20H27FO/c1-19(2)11-17-16-6-4-12-10-13(21)5-7-14(12)15(16)8-9-20(17,3)18(19)22/h5,7,10,15-18,22H,4,6,8-9,11H2,1-3H3/t15-,16-,17+,18+,20+/m1/s1. The number of aryl methyl sites for hydroxylation is 1. The van der Waals surface area contributed by atoms with Crippen molar-refractivity contribution in [1.82, 2.24) is 0 Å². The first kappa shape index (κ1) is 14.7. The summed E-state index contributed by atoms with van der Waals surface area (Å²) in [4.78, 5) is 0. The number of rotatable bonds is 0. The van der Waals surface area contributed by atoms with Gasteiger partial charge in [0, 0.05) is 0 Å². The second kappa shape index (κ2) is 4.56. The molecule has 0 amide bonds. The summed E-state index contributed by atoms with van der Waals surface area (Å²) in [6.07, 6.45) is 5.33. The lowest BCUT2D eigenvalue weighted by Gasteiger charge is -2.50. The normalized spacial score (nSPS) is 42.4. The first-order valence-corrected chi connectivity index (χ1v) is 8.79. The molecule has 0 heterocycles. The van der Waals surface area contributed by atoms with Gasteiger partial charge in [-0.2, -0.15) is 0 Å². The van der Waals surface area contributed by atoms with Crippen LogP contribution in [0.1, 0.15) is 63.5 Å². The third-order valence-corrected chi connectivity index (χ3v) is 7.24. The molecule has 2 fully saturated rings. The zero-order chi connectivity index (χ0) is 15.7. The van der Waals surface area contributed by atoms with Crippen LogP contribution in [0.4, 0.5) is 4.39 Å². The highest BCUT2D eigenvalue weighted by molar-refractivity contribution is 5.35. The first-order valence-electron chi connectivity index (χ1n) is 8.79. The van der Waals surface area contributed by atoms with Gasteiger partial charge in [0.1, 0.15) is 5.82 Å². The summed E-state index contributed by atoms with van der Waals surface area (Å²) in [6, 6.07) is 5.40. The Bertz CT molecular complexity index is 608. The summed E-state index contributed by atoms with van der Waals surface area (Å²) in [5.41, 5.74) is 2.71. The molecule has 0 spiro atoms. The molecule has 0 aromatic heterocycles. The highest BCUT2D eigenvalue weighted by Crippen LogP contribution is 2.65. The topological polar surface area (TPSA) is 20.2 Å². The van der Waals surface area contributed by atoms with Gasteiger partial charge in [-0.3, -0.25) is 0 Å². The fourth-order valence-corrected chi connectivity index (χ4v) is 6.19. The van der Waals surface area contributed by atoms with Gasteiger partial charge in [0.25, 0.3) is 0 Å². The maximum absolute atomic E-state index is 13.5. The van der Waals surface area contributed by atoms with E-state index in [1.807, 2.05) is 6.07 Å². The molecule has 2 saturated carbocycles. The average molecular weight is 302 g/mol. The zero-order valence-electron chi connectivity index (χ0n) is 13.9. The predicted molar refractivity (Wildman–Crippen MR) is 86.2 cm³/mol. The zero-order valence-corrected chi connectivity index (χ0v) is 13.9. The molecule has 0 saturated heterocycles. The van der Waals surface area contributed by atoms with Crippen molar-refractivity contribution in [3.63, 3.8) is 0 Å². The van der Waals surface area contributed by atoms with E-state index >= 15 is 0 Å². The summed E-state index contributed by atoms with van der Waals surface area (Å²) in [7, 11) is 0. The monoisotopic (exact) mass is 302 g/mol. The van der Waals surface area contributed by atoms with E-state index in [4.69, 9.17) is 0 Å². The van der Waals surface area contributed by atoms with Crippen LogP contribution in [0.25, 0.3) is 0 Å². The van der Waals surface area contributed by atoms with Gasteiger partial charge >= 0.3 is 0 Å². The number of aliphatic hydroxyl groups is 1. The van der Waals surface area contributed by atoms with Crippen molar-refractivity contribution in [2.24, 2.45) is 22.7 Å². The molecule has 1 aromatic rings. The minimum atomic E-state index is -0.194. The smallest absolute Gasteiger partial charge is 0.123 e. The molecule has 1 N–H and O–H groups in total. The maximum atomic E-state index is 13.5. The van der Waals surface area contributed by atoms with Gasteiger partial charge < -0.3 is 5.11 Å². The van der Waals surface area contributed by atoms with Crippen LogP contribution >= 0.6 is 0 Å². The van der Waals surface area contributed by atoms with E-state index < -0.39 is 0 Å². The van der Waals surface area contributed by atoms with Crippen molar-refractivity contribution in [2.75, 3.05) is 0 Å². The van der Waals surface area contributed by atoms with Gasteiger partial charge in [-0.1, -0.05) is 26.8 Å².